The van der Waals surface area contributed by atoms with Crippen molar-refractivity contribution in [3.8, 4) is 0 Å². The number of carbonyl (C=O) groups excluding carboxylic acids is 2. The van der Waals surface area contributed by atoms with Gasteiger partial charge in [-0.25, -0.2) is 0 Å². The summed E-state index contributed by atoms with van der Waals surface area (Å²) < 4.78 is 4.86. The summed E-state index contributed by atoms with van der Waals surface area (Å²) in [4.78, 5) is 23.1. The predicted molar refractivity (Wildman–Crippen MR) is 82.6 cm³/mol. The van der Waals surface area contributed by atoms with Crippen molar-refractivity contribution in [1.29, 1.82) is 0 Å². The van der Waals surface area contributed by atoms with Crippen molar-refractivity contribution in [2.75, 3.05) is 6.61 Å². The lowest BCUT2D eigenvalue weighted by atomic mass is 9.97. The van der Waals surface area contributed by atoms with Crippen LogP contribution in [-0.4, -0.2) is 18.4 Å². The van der Waals surface area contributed by atoms with Crippen LogP contribution in [0, 0.1) is 5.92 Å². The molecule has 0 aliphatic carbocycles. The van der Waals surface area contributed by atoms with Gasteiger partial charge in [-0.05, 0) is 13.3 Å². The molecular weight excluding hydrogens is 252 g/mol. The Bertz CT molecular complexity index is 261. The topological polar surface area (TPSA) is 43.4 Å². The Kier molecular flexibility index (Phi) is 12.6. The number of carbonyl (C=O) groups is 2. The molecule has 0 aliphatic rings. The Morgan fingerprint density at radius 1 is 0.900 bits per heavy atom. The van der Waals surface area contributed by atoms with Crippen LogP contribution in [0.15, 0.2) is 0 Å². The molecule has 3 nitrogen and oxygen atoms in total. The Morgan fingerprint density at radius 3 is 2.00 bits per heavy atom. The molecule has 0 N–H and O–H groups in total. The fourth-order valence-corrected chi connectivity index (χ4v) is 2.26. The molecule has 0 spiro atoms. The second kappa shape index (κ2) is 13.1. The van der Waals surface area contributed by atoms with Gasteiger partial charge in [0.25, 0.3) is 0 Å². The van der Waals surface area contributed by atoms with Crippen LogP contribution in [0.5, 0.6) is 0 Å². The van der Waals surface area contributed by atoms with Gasteiger partial charge in [0.15, 0.2) is 0 Å². The third-order valence-electron chi connectivity index (χ3n) is 3.60. The maximum Gasteiger partial charge on any atom is 0.306 e. The molecule has 0 radical (unpaired) electrons. The Balaban J connectivity index is 3.50. The zero-order valence-electron chi connectivity index (χ0n) is 13.6. The van der Waals surface area contributed by atoms with Crippen LogP contribution in [-0.2, 0) is 14.3 Å². The average molecular weight is 284 g/mol. The van der Waals surface area contributed by atoms with E-state index >= 15 is 0 Å². The first-order chi connectivity index (χ1) is 9.61. The second-order valence-corrected chi connectivity index (χ2v) is 5.60. The summed E-state index contributed by atoms with van der Waals surface area (Å²) in [5.74, 6) is -0.257. The Morgan fingerprint density at radius 2 is 1.45 bits per heavy atom. The minimum atomic E-state index is -0.260. The normalized spacial score (nSPS) is 12.2. The number of Topliss-reactive ketones (excluding diaryl/α,β-unsaturated/α-hetero) is 1. The van der Waals surface area contributed by atoms with E-state index in [0.29, 0.717) is 13.0 Å². The van der Waals surface area contributed by atoms with Crippen LogP contribution in [0.1, 0.15) is 85.0 Å². The summed E-state index contributed by atoms with van der Waals surface area (Å²) >= 11 is 0. The summed E-state index contributed by atoms with van der Waals surface area (Å²) in [6, 6.07) is 0. The smallest absolute Gasteiger partial charge is 0.306 e. The standard InChI is InChI=1S/C17H32O3/c1-4-6-7-8-9-10-11-12-13-16(18)15(3)14-17(19)20-5-2/h15H,4-14H2,1-3H3. The first kappa shape index (κ1) is 19.1. The molecule has 0 fully saturated rings. The van der Waals surface area contributed by atoms with E-state index in [1.165, 1.54) is 38.5 Å². The van der Waals surface area contributed by atoms with E-state index in [1.807, 2.05) is 6.92 Å². The molecular formula is C17H32O3. The lowest BCUT2D eigenvalue weighted by molar-refractivity contribution is -0.145. The molecule has 20 heavy (non-hydrogen) atoms. The average Bonchev–Trinajstić information content (AvgIpc) is 2.41. The SMILES string of the molecule is CCCCCCCCCCC(=O)C(C)CC(=O)OCC. The van der Waals surface area contributed by atoms with Crippen molar-refractivity contribution in [3.63, 3.8) is 0 Å². The van der Waals surface area contributed by atoms with Gasteiger partial charge in [-0.1, -0.05) is 58.8 Å². The fraction of sp³-hybridized carbons (Fsp3) is 0.882. The third kappa shape index (κ3) is 11.0. The molecule has 0 bridgehead atoms. The minimum absolute atomic E-state index is 0.196. The highest BCUT2D eigenvalue weighted by molar-refractivity contribution is 5.84. The highest BCUT2D eigenvalue weighted by Gasteiger charge is 2.16. The van der Waals surface area contributed by atoms with Gasteiger partial charge in [0.2, 0.25) is 0 Å². The quantitative estimate of drug-likeness (QED) is 0.364. The summed E-state index contributed by atoms with van der Waals surface area (Å²) in [5.41, 5.74) is 0. The van der Waals surface area contributed by atoms with E-state index in [9.17, 15) is 9.59 Å². The van der Waals surface area contributed by atoms with E-state index in [2.05, 4.69) is 6.92 Å². The second-order valence-electron chi connectivity index (χ2n) is 5.60. The van der Waals surface area contributed by atoms with Crippen molar-refractivity contribution in [3.05, 3.63) is 0 Å². The lowest BCUT2D eigenvalue weighted by Crippen LogP contribution is -2.17. The fourth-order valence-electron chi connectivity index (χ4n) is 2.26. The van der Waals surface area contributed by atoms with Crippen molar-refractivity contribution in [1.82, 2.24) is 0 Å². The van der Waals surface area contributed by atoms with Gasteiger partial charge >= 0.3 is 5.97 Å². The van der Waals surface area contributed by atoms with E-state index in [1.54, 1.807) is 6.92 Å². The van der Waals surface area contributed by atoms with Gasteiger partial charge in [0.1, 0.15) is 5.78 Å². The maximum atomic E-state index is 11.8. The molecule has 0 aromatic rings. The first-order valence-corrected chi connectivity index (χ1v) is 8.30. The zero-order valence-corrected chi connectivity index (χ0v) is 13.6. The maximum absolute atomic E-state index is 11.8. The molecule has 0 aliphatic heterocycles. The Labute approximate surface area is 124 Å². The van der Waals surface area contributed by atoms with Crippen LogP contribution in [0.3, 0.4) is 0 Å². The zero-order chi connectivity index (χ0) is 15.2. The van der Waals surface area contributed by atoms with Crippen LogP contribution >= 0.6 is 0 Å². The van der Waals surface area contributed by atoms with E-state index in [-0.39, 0.29) is 24.1 Å². The molecule has 0 amide bonds. The van der Waals surface area contributed by atoms with Crippen molar-refractivity contribution in [2.45, 2.75) is 85.0 Å². The third-order valence-corrected chi connectivity index (χ3v) is 3.60. The van der Waals surface area contributed by atoms with Crippen LogP contribution in [0.4, 0.5) is 0 Å². The summed E-state index contributed by atoms with van der Waals surface area (Å²) in [5, 5.41) is 0. The van der Waals surface area contributed by atoms with Crippen molar-refractivity contribution >= 4 is 11.8 Å². The highest BCUT2D eigenvalue weighted by Crippen LogP contribution is 2.13. The molecule has 118 valence electrons. The van der Waals surface area contributed by atoms with Gasteiger partial charge < -0.3 is 4.74 Å². The summed E-state index contributed by atoms with van der Waals surface area (Å²) in [6.07, 6.45) is 10.7. The number of hydrogen-bond donors (Lipinski definition) is 0. The number of esters is 1. The number of unbranched alkanes of at least 4 members (excludes halogenated alkanes) is 7. The molecule has 0 heterocycles. The molecule has 0 saturated heterocycles. The van der Waals surface area contributed by atoms with Crippen molar-refractivity contribution < 1.29 is 14.3 Å². The van der Waals surface area contributed by atoms with Crippen LogP contribution in [0.25, 0.3) is 0 Å². The minimum Gasteiger partial charge on any atom is -0.466 e. The molecule has 1 unspecified atom stereocenters. The van der Waals surface area contributed by atoms with Gasteiger partial charge in [-0.15, -0.1) is 0 Å². The van der Waals surface area contributed by atoms with E-state index < -0.39 is 0 Å². The number of rotatable bonds is 13. The van der Waals surface area contributed by atoms with E-state index in [4.69, 9.17) is 4.74 Å². The summed E-state index contributed by atoms with van der Waals surface area (Å²) in [7, 11) is 0. The van der Waals surface area contributed by atoms with Crippen LogP contribution in [0.2, 0.25) is 0 Å². The van der Waals surface area contributed by atoms with Crippen molar-refractivity contribution in [2.24, 2.45) is 5.92 Å². The van der Waals surface area contributed by atoms with Gasteiger partial charge in [-0.2, -0.15) is 0 Å². The molecule has 3 heteroatoms. The number of ether oxygens (including phenoxy) is 1. The molecule has 1 atom stereocenters. The first-order valence-electron chi connectivity index (χ1n) is 8.30. The highest BCUT2D eigenvalue weighted by atomic mass is 16.5. The molecule has 0 aromatic carbocycles. The van der Waals surface area contributed by atoms with Gasteiger partial charge in [0, 0.05) is 12.3 Å². The monoisotopic (exact) mass is 284 g/mol. The van der Waals surface area contributed by atoms with Gasteiger partial charge in [0.05, 0.1) is 13.0 Å². The Hall–Kier alpha value is -0.860. The molecule has 0 saturated carbocycles. The predicted octanol–water partition coefficient (Wildman–Crippen LogP) is 4.68. The largest absolute Gasteiger partial charge is 0.466 e. The summed E-state index contributed by atoms with van der Waals surface area (Å²) in [6.45, 7) is 6.22. The van der Waals surface area contributed by atoms with Crippen LogP contribution < -0.4 is 0 Å². The lowest BCUT2D eigenvalue weighted by Gasteiger charge is -2.09. The molecule has 0 aromatic heterocycles. The molecule has 0 rings (SSSR count). The number of hydrogen-bond acceptors (Lipinski definition) is 3. The van der Waals surface area contributed by atoms with E-state index in [0.717, 1.165) is 12.8 Å². The number of ketones is 1. The van der Waals surface area contributed by atoms with Gasteiger partial charge in [-0.3, -0.25) is 9.59 Å².